The van der Waals surface area contributed by atoms with Gasteiger partial charge in [-0.05, 0) is 42.7 Å². The first-order chi connectivity index (χ1) is 11.2. The summed E-state index contributed by atoms with van der Waals surface area (Å²) in [4.78, 5) is 25.8. The standard InChI is InChI=1S/C19H20N2O2/c1-2-21(16-6-4-3-5-7-16)19(23)13-14-8-10-17-15(12-14)9-11-18(22)20-17/h3-8,10,12H,2,9,11,13H2,1H3,(H,20,22). The Morgan fingerprint density at radius 1 is 1.13 bits per heavy atom. The van der Waals surface area contributed by atoms with Gasteiger partial charge in [0.05, 0.1) is 6.42 Å². The molecule has 0 bridgehead atoms. The van der Waals surface area contributed by atoms with Crippen LogP contribution < -0.4 is 10.2 Å². The van der Waals surface area contributed by atoms with Crippen LogP contribution in [0, 0.1) is 0 Å². The van der Waals surface area contributed by atoms with Crippen molar-refractivity contribution in [3.8, 4) is 0 Å². The highest BCUT2D eigenvalue weighted by atomic mass is 16.2. The van der Waals surface area contributed by atoms with Gasteiger partial charge in [-0.15, -0.1) is 0 Å². The van der Waals surface area contributed by atoms with Gasteiger partial charge in [-0.25, -0.2) is 0 Å². The Bertz CT molecular complexity index is 725. The number of benzene rings is 2. The number of nitrogens with one attached hydrogen (secondary N) is 1. The van der Waals surface area contributed by atoms with Crippen LogP contribution in [-0.4, -0.2) is 18.4 Å². The second-order valence-corrected chi connectivity index (χ2v) is 5.69. The molecule has 0 aromatic heterocycles. The van der Waals surface area contributed by atoms with E-state index in [1.54, 1.807) is 4.90 Å². The first-order valence-electron chi connectivity index (χ1n) is 7.94. The largest absolute Gasteiger partial charge is 0.326 e. The van der Waals surface area contributed by atoms with Gasteiger partial charge in [-0.3, -0.25) is 9.59 Å². The number of fused-ring (bicyclic) bond motifs is 1. The van der Waals surface area contributed by atoms with E-state index >= 15 is 0 Å². The monoisotopic (exact) mass is 308 g/mol. The van der Waals surface area contributed by atoms with Gasteiger partial charge in [0, 0.05) is 24.3 Å². The minimum atomic E-state index is 0.0579. The molecule has 23 heavy (non-hydrogen) atoms. The van der Waals surface area contributed by atoms with Crippen molar-refractivity contribution < 1.29 is 9.59 Å². The number of aryl methyl sites for hydroxylation is 1. The maximum atomic E-state index is 12.6. The molecule has 0 aliphatic carbocycles. The zero-order valence-corrected chi connectivity index (χ0v) is 13.2. The lowest BCUT2D eigenvalue weighted by Gasteiger charge is -2.22. The van der Waals surface area contributed by atoms with Gasteiger partial charge < -0.3 is 10.2 Å². The van der Waals surface area contributed by atoms with Crippen molar-refractivity contribution in [2.45, 2.75) is 26.2 Å². The Hall–Kier alpha value is -2.62. The third-order valence-corrected chi connectivity index (χ3v) is 4.11. The predicted octanol–water partition coefficient (Wildman–Crippen LogP) is 3.17. The highest BCUT2D eigenvalue weighted by molar-refractivity contribution is 5.96. The molecule has 4 heteroatoms. The van der Waals surface area contributed by atoms with Crippen LogP contribution in [0.3, 0.4) is 0 Å². The highest BCUT2D eigenvalue weighted by Crippen LogP contribution is 2.24. The fourth-order valence-electron chi connectivity index (χ4n) is 2.93. The molecular formula is C19H20N2O2. The van der Waals surface area contributed by atoms with Crippen LogP contribution in [0.25, 0.3) is 0 Å². The molecule has 2 aromatic rings. The van der Waals surface area contributed by atoms with Crippen molar-refractivity contribution >= 4 is 23.2 Å². The molecule has 0 unspecified atom stereocenters. The summed E-state index contributed by atoms with van der Waals surface area (Å²) in [7, 11) is 0. The topological polar surface area (TPSA) is 49.4 Å². The van der Waals surface area contributed by atoms with Gasteiger partial charge in [0.25, 0.3) is 0 Å². The summed E-state index contributed by atoms with van der Waals surface area (Å²) in [6, 6.07) is 15.6. The van der Waals surface area contributed by atoms with Crippen molar-refractivity contribution in [2.24, 2.45) is 0 Å². The summed E-state index contributed by atoms with van der Waals surface area (Å²) in [6.07, 6.45) is 1.61. The lowest BCUT2D eigenvalue weighted by Crippen LogP contribution is -2.32. The summed E-state index contributed by atoms with van der Waals surface area (Å²) in [5.41, 5.74) is 3.88. The van der Waals surface area contributed by atoms with E-state index in [2.05, 4.69) is 5.32 Å². The van der Waals surface area contributed by atoms with E-state index in [1.165, 1.54) is 0 Å². The lowest BCUT2D eigenvalue weighted by molar-refractivity contribution is -0.118. The zero-order chi connectivity index (χ0) is 16.2. The number of carbonyl (C=O) groups excluding carboxylic acids is 2. The van der Waals surface area contributed by atoms with Crippen LogP contribution in [0.15, 0.2) is 48.5 Å². The molecule has 0 saturated carbocycles. The maximum Gasteiger partial charge on any atom is 0.231 e. The second-order valence-electron chi connectivity index (χ2n) is 5.69. The smallest absolute Gasteiger partial charge is 0.231 e. The van der Waals surface area contributed by atoms with E-state index < -0.39 is 0 Å². The molecule has 1 heterocycles. The van der Waals surface area contributed by atoms with E-state index in [1.807, 2.05) is 55.5 Å². The molecule has 1 aliphatic rings. The fourth-order valence-corrected chi connectivity index (χ4v) is 2.93. The van der Waals surface area contributed by atoms with Gasteiger partial charge >= 0.3 is 0 Å². The third kappa shape index (κ3) is 3.42. The van der Waals surface area contributed by atoms with Crippen LogP contribution in [0.2, 0.25) is 0 Å². The minimum absolute atomic E-state index is 0.0579. The molecule has 118 valence electrons. The Balaban J connectivity index is 1.76. The highest BCUT2D eigenvalue weighted by Gasteiger charge is 2.17. The van der Waals surface area contributed by atoms with Crippen molar-refractivity contribution in [2.75, 3.05) is 16.8 Å². The molecule has 1 aliphatic heterocycles. The number of nitrogens with zero attached hydrogens (tertiary/aromatic N) is 1. The van der Waals surface area contributed by atoms with Crippen molar-refractivity contribution in [1.29, 1.82) is 0 Å². The van der Waals surface area contributed by atoms with Crippen LogP contribution in [-0.2, 0) is 22.4 Å². The molecule has 1 N–H and O–H groups in total. The van der Waals surface area contributed by atoms with Crippen molar-refractivity contribution in [3.05, 3.63) is 59.7 Å². The minimum Gasteiger partial charge on any atom is -0.326 e. The summed E-state index contributed by atoms with van der Waals surface area (Å²) in [5.74, 6) is 0.140. The second kappa shape index (κ2) is 6.65. The number of hydrogen-bond donors (Lipinski definition) is 1. The zero-order valence-electron chi connectivity index (χ0n) is 13.2. The maximum absolute atomic E-state index is 12.6. The number of para-hydroxylation sites is 1. The van der Waals surface area contributed by atoms with Crippen LogP contribution in [0.1, 0.15) is 24.5 Å². The van der Waals surface area contributed by atoms with Gasteiger partial charge in [0.15, 0.2) is 0 Å². The van der Waals surface area contributed by atoms with Crippen LogP contribution in [0.5, 0.6) is 0 Å². The van der Waals surface area contributed by atoms with Crippen LogP contribution >= 0.6 is 0 Å². The Kier molecular flexibility index (Phi) is 4.42. The molecule has 2 amide bonds. The molecule has 2 aromatic carbocycles. The summed E-state index contributed by atoms with van der Waals surface area (Å²) in [5, 5.41) is 2.87. The van der Waals surface area contributed by atoms with Gasteiger partial charge in [0.2, 0.25) is 11.8 Å². The molecule has 0 atom stereocenters. The molecule has 4 nitrogen and oxygen atoms in total. The molecule has 0 radical (unpaired) electrons. The van der Waals surface area contributed by atoms with Gasteiger partial charge in [0.1, 0.15) is 0 Å². The Labute approximate surface area is 136 Å². The summed E-state index contributed by atoms with van der Waals surface area (Å²) < 4.78 is 0. The summed E-state index contributed by atoms with van der Waals surface area (Å²) >= 11 is 0. The SMILES string of the molecule is CCN(C(=O)Cc1ccc2c(c1)CCC(=O)N2)c1ccccc1. The number of anilines is 2. The Morgan fingerprint density at radius 3 is 2.65 bits per heavy atom. The van der Waals surface area contributed by atoms with Crippen molar-refractivity contribution in [3.63, 3.8) is 0 Å². The lowest BCUT2D eigenvalue weighted by atomic mass is 9.99. The normalized spacial score (nSPS) is 13.2. The molecule has 0 saturated heterocycles. The number of amides is 2. The van der Waals surface area contributed by atoms with Crippen molar-refractivity contribution in [1.82, 2.24) is 0 Å². The molecule has 0 fully saturated rings. The van der Waals surface area contributed by atoms with E-state index in [0.717, 1.165) is 28.9 Å². The first kappa shape index (κ1) is 15.3. The number of carbonyl (C=O) groups is 2. The average molecular weight is 308 g/mol. The number of likely N-dealkylation sites (N-methyl/N-ethyl adjacent to an activating group) is 1. The first-order valence-corrected chi connectivity index (χ1v) is 7.94. The van der Waals surface area contributed by atoms with E-state index in [9.17, 15) is 9.59 Å². The average Bonchev–Trinajstić information content (AvgIpc) is 2.56. The predicted molar refractivity (Wildman–Crippen MR) is 91.6 cm³/mol. The molecule has 0 spiro atoms. The molecule has 3 rings (SSSR count). The van der Waals surface area contributed by atoms with E-state index in [0.29, 0.717) is 19.4 Å². The number of rotatable bonds is 4. The van der Waals surface area contributed by atoms with E-state index in [-0.39, 0.29) is 11.8 Å². The molecular weight excluding hydrogens is 288 g/mol. The summed E-state index contributed by atoms with van der Waals surface area (Å²) in [6.45, 7) is 2.62. The van der Waals surface area contributed by atoms with Gasteiger partial charge in [-0.1, -0.05) is 30.3 Å². The van der Waals surface area contributed by atoms with Crippen LogP contribution in [0.4, 0.5) is 11.4 Å². The quantitative estimate of drug-likeness (QED) is 0.943. The Morgan fingerprint density at radius 2 is 1.91 bits per heavy atom. The number of hydrogen-bond acceptors (Lipinski definition) is 2. The van der Waals surface area contributed by atoms with Gasteiger partial charge in [-0.2, -0.15) is 0 Å². The fraction of sp³-hybridized carbons (Fsp3) is 0.263. The van der Waals surface area contributed by atoms with E-state index in [4.69, 9.17) is 0 Å². The third-order valence-electron chi connectivity index (χ3n) is 4.11.